The van der Waals surface area contributed by atoms with E-state index in [9.17, 15) is 0 Å². The molecule has 0 aliphatic heterocycles. The smallest absolute Gasteiger partial charge is 0.0539 e. The topological polar surface area (TPSA) is 33.1 Å². The van der Waals surface area contributed by atoms with Crippen LogP contribution in [0.15, 0.2) is 35.1 Å². The number of nitrogens with zero attached hydrogens (tertiary/aromatic N) is 3. The second-order valence-electron chi connectivity index (χ2n) is 5.36. The lowest BCUT2D eigenvalue weighted by Gasteiger charge is -2.25. The van der Waals surface area contributed by atoms with Crippen molar-refractivity contribution < 1.29 is 0 Å². The van der Waals surface area contributed by atoms with Crippen LogP contribution in [-0.2, 0) is 13.6 Å². The number of nitrogens with one attached hydrogen (secondary N) is 1. The fourth-order valence-electron chi connectivity index (χ4n) is 2.55. The van der Waals surface area contributed by atoms with Gasteiger partial charge in [0.25, 0.3) is 0 Å². The molecule has 0 aliphatic carbocycles. The minimum atomic E-state index is 0.318. The summed E-state index contributed by atoms with van der Waals surface area (Å²) < 4.78 is 2.95. The molecule has 0 aliphatic rings. The van der Waals surface area contributed by atoms with Crippen LogP contribution in [0.3, 0.4) is 0 Å². The van der Waals surface area contributed by atoms with Crippen molar-refractivity contribution >= 4 is 21.6 Å². The molecule has 0 bridgehead atoms. The van der Waals surface area contributed by atoms with Crippen molar-refractivity contribution in [2.45, 2.75) is 26.4 Å². The zero-order chi connectivity index (χ0) is 15.4. The quantitative estimate of drug-likeness (QED) is 0.865. The van der Waals surface area contributed by atoms with Gasteiger partial charge in [-0.1, -0.05) is 22.9 Å². The van der Waals surface area contributed by atoms with E-state index in [2.05, 4.69) is 76.5 Å². The Kier molecular flexibility index (Phi) is 5.42. The van der Waals surface area contributed by atoms with Gasteiger partial charge in [0.2, 0.25) is 0 Å². The first kappa shape index (κ1) is 16.0. The summed E-state index contributed by atoms with van der Waals surface area (Å²) in [5, 5.41) is 7.72. The third-order valence-electron chi connectivity index (χ3n) is 3.56. The van der Waals surface area contributed by atoms with Gasteiger partial charge in [-0.15, -0.1) is 0 Å². The number of hydrogen-bond acceptors (Lipinski definition) is 3. The molecule has 5 heteroatoms. The van der Waals surface area contributed by atoms with Gasteiger partial charge in [-0.2, -0.15) is 5.10 Å². The predicted octanol–water partition coefficient (Wildman–Crippen LogP) is 3.49. The standard InChI is InChI=1S/C16H23BrN4/c1-5-18-12(2)15-8-14(17)6-7-16(15)20(3)10-13-9-19-21(4)11-13/h6-9,11-12,18H,5,10H2,1-4H3. The van der Waals surface area contributed by atoms with Crippen LogP contribution in [0, 0.1) is 0 Å². The summed E-state index contributed by atoms with van der Waals surface area (Å²) in [6, 6.07) is 6.78. The molecule has 2 rings (SSSR count). The first-order chi connectivity index (χ1) is 10.0. The summed E-state index contributed by atoms with van der Waals surface area (Å²) in [7, 11) is 4.07. The maximum atomic E-state index is 4.23. The van der Waals surface area contributed by atoms with Gasteiger partial charge in [-0.05, 0) is 37.2 Å². The molecule has 2 aromatic rings. The number of benzene rings is 1. The Hall–Kier alpha value is -1.33. The van der Waals surface area contributed by atoms with E-state index in [1.54, 1.807) is 0 Å². The number of aryl methyl sites for hydroxylation is 1. The predicted molar refractivity (Wildman–Crippen MR) is 91.5 cm³/mol. The van der Waals surface area contributed by atoms with Gasteiger partial charge >= 0.3 is 0 Å². The minimum absolute atomic E-state index is 0.318. The van der Waals surface area contributed by atoms with Crippen LogP contribution in [0.4, 0.5) is 5.69 Å². The average molecular weight is 351 g/mol. The first-order valence-electron chi connectivity index (χ1n) is 7.22. The molecule has 1 aromatic heterocycles. The number of aromatic nitrogens is 2. The molecule has 4 nitrogen and oxygen atoms in total. The summed E-state index contributed by atoms with van der Waals surface area (Å²) in [4.78, 5) is 2.27. The lowest BCUT2D eigenvalue weighted by Crippen LogP contribution is -2.23. The Morgan fingerprint density at radius 3 is 2.81 bits per heavy atom. The maximum Gasteiger partial charge on any atom is 0.0539 e. The summed E-state index contributed by atoms with van der Waals surface area (Å²) >= 11 is 3.58. The highest BCUT2D eigenvalue weighted by Gasteiger charge is 2.14. The molecule has 1 N–H and O–H groups in total. The van der Waals surface area contributed by atoms with Gasteiger partial charge in [-0.3, -0.25) is 4.68 Å². The molecule has 0 amide bonds. The zero-order valence-electron chi connectivity index (χ0n) is 13.1. The number of hydrogen-bond donors (Lipinski definition) is 1. The molecule has 1 unspecified atom stereocenters. The molecular formula is C16H23BrN4. The molecule has 1 heterocycles. The van der Waals surface area contributed by atoms with E-state index in [4.69, 9.17) is 0 Å². The van der Waals surface area contributed by atoms with Gasteiger partial charge in [-0.25, -0.2) is 0 Å². The monoisotopic (exact) mass is 350 g/mol. The summed E-state index contributed by atoms with van der Waals surface area (Å²) in [5.41, 5.74) is 3.76. The SMILES string of the molecule is CCNC(C)c1cc(Br)ccc1N(C)Cc1cnn(C)c1. The minimum Gasteiger partial charge on any atom is -0.370 e. The number of rotatable bonds is 6. The van der Waals surface area contributed by atoms with Crippen LogP contribution in [0.25, 0.3) is 0 Å². The van der Waals surface area contributed by atoms with Crippen molar-refractivity contribution in [3.05, 3.63) is 46.2 Å². The largest absolute Gasteiger partial charge is 0.370 e. The van der Waals surface area contributed by atoms with E-state index >= 15 is 0 Å². The third kappa shape index (κ3) is 4.08. The summed E-state index contributed by atoms with van der Waals surface area (Å²) in [6.07, 6.45) is 3.98. The second kappa shape index (κ2) is 7.09. The zero-order valence-corrected chi connectivity index (χ0v) is 14.7. The summed E-state index contributed by atoms with van der Waals surface area (Å²) in [5.74, 6) is 0. The van der Waals surface area contributed by atoms with Crippen molar-refractivity contribution in [1.82, 2.24) is 15.1 Å². The second-order valence-corrected chi connectivity index (χ2v) is 6.28. The van der Waals surface area contributed by atoms with Crippen LogP contribution in [0.2, 0.25) is 0 Å². The van der Waals surface area contributed by atoms with Gasteiger partial charge < -0.3 is 10.2 Å². The average Bonchev–Trinajstić information content (AvgIpc) is 2.84. The van der Waals surface area contributed by atoms with E-state index in [-0.39, 0.29) is 0 Å². The Morgan fingerprint density at radius 2 is 2.19 bits per heavy atom. The Morgan fingerprint density at radius 1 is 1.43 bits per heavy atom. The molecule has 0 saturated heterocycles. The van der Waals surface area contributed by atoms with Crippen LogP contribution < -0.4 is 10.2 Å². The van der Waals surface area contributed by atoms with E-state index in [1.165, 1.54) is 16.8 Å². The Labute approximate surface area is 135 Å². The Bertz CT molecular complexity index is 594. The molecule has 0 spiro atoms. The first-order valence-corrected chi connectivity index (χ1v) is 8.02. The third-order valence-corrected chi connectivity index (χ3v) is 4.05. The van der Waals surface area contributed by atoms with E-state index in [0.717, 1.165) is 17.6 Å². The van der Waals surface area contributed by atoms with Crippen molar-refractivity contribution in [2.24, 2.45) is 7.05 Å². The van der Waals surface area contributed by atoms with Gasteiger partial charge in [0, 0.05) is 48.6 Å². The van der Waals surface area contributed by atoms with Crippen LogP contribution in [0.5, 0.6) is 0 Å². The fourth-order valence-corrected chi connectivity index (χ4v) is 2.93. The van der Waals surface area contributed by atoms with E-state index < -0.39 is 0 Å². The van der Waals surface area contributed by atoms with Crippen molar-refractivity contribution in [3.8, 4) is 0 Å². The fraction of sp³-hybridized carbons (Fsp3) is 0.438. The molecule has 1 atom stereocenters. The van der Waals surface area contributed by atoms with Crippen molar-refractivity contribution in [1.29, 1.82) is 0 Å². The molecule has 0 radical (unpaired) electrons. The van der Waals surface area contributed by atoms with Crippen LogP contribution in [0.1, 0.15) is 31.0 Å². The molecular weight excluding hydrogens is 328 g/mol. The molecule has 0 saturated carbocycles. The normalized spacial score (nSPS) is 12.4. The Balaban J connectivity index is 2.25. The highest BCUT2D eigenvalue weighted by atomic mass is 79.9. The lowest BCUT2D eigenvalue weighted by molar-refractivity contribution is 0.596. The van der Waals surface area contributed by atoms with Crippen LogP contribution in [-0.4, -0.2) is 23.4 Å². The van der Waals surface area contributed by atoms with Gasteiger partial charge in [0.15, 0.2) is 0 Å². The number of anilines is 1. The van der Waals surface area contributed by atoms with Crippen molar-refractivity contribution in [3.63, 3.8) is 0 Å². The van der Waals surface area contributed by atoms with Crippen LogP contribution >= 0.6 is 15.9 Å². The van der Waals surface area contributed by atoms with E-state index in [0.29, 0.717) is 6.04 Å². The summed E-state index contributed by atoms with van der Waals surface area (Å²) in [6.45, 7) is 6.14. The molecule has 114 valence electrons. The van der Waals surface area contributed by atoms with Gasteiger partial charge in [0.1, 0.15) is 0 Å². The molecule has 1 aromatic carbocycles. The molecule has 21 heavy (non-hydrogen) atoms. The van der Waals surface area contributed by atoms with Gasteiger partial charge in [0.05, 0.1) is 6.20 Å². The maximum absolute atomic E-state index is 4.23. The van der Waals surface area contributed by atoms with Crippen molar-refractivity contribution in [2.75, 3.05) is 18.5 Å². The van der Waals surface area contributed by atoms with E-state index in [1.807, 2.05) is 17.9 Å². The number of halogens is 1. The highest BCUT2D eigenvalue weighted by molar-refractivity contribution is 9.10. The lowest BCUT2D eigenvalue weighted by atomic mass is 10.0. The highest BCUT2D eigenvalue weighted by Crippen LogP contribution is 2.29. The molecule has 0 fully saturated rings.